The van der Waals surface area contributed by atoms with Crippen LogP contribution in [0.1, 0.15) is 11.1 Å². The second kappa shape index (κ2) is 11.8. The summed E-state index contributed by atoms with van der Waals surface area (Å²) < 4.78 is 10.1. The van der Waals surface area contributed by atoms with E-state index in [0.717, 1.165) is 0 Å². The molecule has 0 bridgehead atoms. The molecule has 0 saturated carbocycles. The molecule has 1 amide bonds. The van der Waals surface area contributed by atoms with Gasteiger partial charge in [-0.15, -0.1) is 0 Å². The predicted octanol–water partition coefficient (Wildman–Crippen LogP) is 4.28. The van der Waals surface area contributed by atoms with Crippen molar-refractivity contribution in [2.75, 3.05) is 20.3 Å². The average Bonchev–Trinajstić information content (AvgIpc) is 2.72. The van der Waals surface area contributed by atoms with Crippen LogP contribution in [-0.4, -0.2) is 32.1 Å². The maximum atomic E-state index is 12.0. The summed E-state index contributed by atoms with van der Waals surface area (Å²) >= 11 is 11.9. The lowest BCUT2D eigenvalue weighted by molar-refractivity contribution is -0.128. The van der Waals surface area contributed by atoms with Gasteiger partial charge >= 0.3 is 5.97 Å². The average molecular weight is 445 g/mol. The highest BCUT2D eigenvalue weighted by Crippen LogP contribution is 2.22. The van der Waals surface area contributed by atoms with E-state index in [0.29, 0.717) is 40.1 Å². The molecule has 0 aliphatic heterocycles. The third-order valence-corrected chi connectivity index (χ3v) is 4.29. The van der Waals surface area contributed by atoms with Gasteiger partial charge in [0.2, 0.25) is 0 Å². The van der Waals surface area contributed by atoms with Crippen molar-refractivity contribution in [2.24, 2.45) is 0 Å². The molecule has 154 valence electrons. The molecular formula is C22H18Cl2N2O4. The Balaban J connectivity index is 1.99. The molecular weight excluding hydrogens is 427 g/mol. The fraction of sp³-hybridized carbons (Fsp3) is 0.136. The summed E-state index contributed by atoms with van der Waals surface area (Å²) in [6, 6.07) is 13.2. The summed E-state index contributed by atoms with van der Waals surface area (Å²) in [6.07, 6.45) is 4.22. The monoisotopic (exact) mass is 444 g/mol. The van der Waals surface area contributed by atoms with Crippen LogP contribution in [0.2, 0.25) is 10.0 Å². The second-order valence-electron chi connectivity index (χ2n) is 5.91. The molecule has 0 aliphatic carbocycles. The molecule has 0 unspecified atom stereocenters. The number of nitrogens with one attached hydrogen (secondary N) is 1. The van der Waals surface area contributed by atoms with Crippen molar-refractivity contribution in [3.05, 3.63) is 75.3 Å². The van der Waals surface area contributed by atoms with Crippen molar-refractivity contribution in [1.82, 2.24) is 5.32 Å². The molecule has 30 heavy (non-hydrogen) atoms. The zero-order valence-corrected chi connectivity index (χ0v) is 17.5. The highest BCUT2D eigenvalue weighted by Gasteiger charge is 2.08. The summed E-state index contributed by atoms with van der Waals surface area (Å²) in [5, 5.41) is 12.7. The van der Waals surface area contributed by atoms with Crippen molar-refractivity contribution < 1.29 is 19.1 Å². The lowest BCUT2D eigenvalue weighted by atomic mass is 10.1. The van der Waals surface area contributed by atoms with Crippen molar-refractivity contribution in [2.45, 2.75) is 0 Å². The van der Waals surface area contributed by atoms with Crippen molar-refractivity contribution in [3.8, 4) is 11.8 Å². The minimum Gasteiger partial charge on any atom is -0.423 e. The number of nitrogens with zero attached hydrogens (tertiary/aromatic N) is 1. The Morgan fingerprint density at radius 1 is 1.17 bits per heavy atom. The maximum Gasteiger partial charge on any atom is 0.336 e. The van der Waals surface area contributed by atoms with Crippen molar-refractivity contribution in [1.29, 1.82) is 5.26 Å². The van der Waals surface area contributed by atoms with E-state index in [9.17, 15) is 14.9 Å². The summed E-state index contributed by atoms with van der Waals surface area (Å²) in [6.45, 7) is 0.654. The van der Waals surface area contributed by atoms with Crippen LogP contribution in [-0.2, 0) is 14.3 Å². The van der Waals surface area contributed by atoms with E-state index in [4.69, 9.17) is 32.7 Å². The predicted molar refractivity (Wildman–Crippen MR) is 116 cm³/mol. The fourth-order valence-electron chi connectivity index (χ4n) is 2.25. The van der Waals surface area contributed by atoms with Gasteiger partial charge in [0.25, 0.3) is 5.91 Å². The van der Waals surface area contributed by atoms with E-state index in [1.54, 1.807) is 42.5 Å². The molecule has 0 heterocycles. The molecule has 0 spiro atoms. The van der Waals surface area contributed by atoms with E-state index in [2.05, 4.69) is 5.32 Å². The minimum absolute atomic E-state index is 0.0429. The van der Waals surface area contributed by atoms with E-state index in [-0.39, 0.29) is 5.57 Å². The first kappa shape index (κ1) is 23.2. The lowest BCUT2D eigenvalue weighted by Crippen LogP contribution is -2.27. The van der Waals surface area contributed by atoms with E-state index in [1.165, 1.54) is 25.3 Å². The number of hydrogen-bond acceptors (Lipinski definition) is 5. The Kier molecular flexibility index (Phi) is 9.10. The number of hydrogen-bond donors (Lipinski definition) is 1. The SMILES string of the molecule is COCCNC(=O)/C(C#N)=C/c1ccc(OC(=O)/C=C/c2ccc(Cl)cc2Cl)cc1. The smallest absolute Gasteiger partial charge is 0.336 e. The van der Waals surface area contributed by atoms with Crippen LogP contribution in [0.4, 0.5) is 0 Å². The van der Waals surface area contributed by atoms with Gasteiger partial charge in [-0.3, -0.25) is 4.79 Å². The van der Waals surface area contributed by atoms with Gasteiger partial charge in [-0.1, -0.05) is 41.4 Å². The largest absolute Gasteiger partial charge is 0.423 e. The van der Waals surface area contributed by atoms with Gasteiger partial charge in [0.1, 0.15) is 17.4 Å². The standard InChI is InChI=1S/C22H18Cl2N2O4/c1-29-11-10-26-22(28)17(14-25)12-15-2-7-19(8-3-15)30-21(27)9-5-16-4-6-18(23)13-20(16)24/h2-9,12-13H,10-11H2,1H3,(H,26,28)/b9-5+,17-12+. The molecule has 6 nitrogen and oxygen atoms in total. The first-order valence-electron chi connectivity index (χ1n) is 8.77. The molecule has 2 aromatic rings. The van der Waals surface area contributed by atoms with Crippen LogP contribution in [0, 0.1) is 11.3 Å². The second-order valence-corrected chi connectivity index (χ2v) is 6.75. The van der Waals surface area contributed by atoms with Gasteiger partial charge in [0.15, 0.2) is 0 Å². The number of ether oxygens (including phenoxy) is 2. The quantitative estimate of drug-likeness (QED) is 0.215. The molecule has 0 aromatic heterocycles. The first-order chi connectivity index (χ1) is 14.4. The molecule has 2 rings (SSSR count). The summed E-state index contributed by atoms with van der Waals surface area (Å²) in [7, 11) is 1.52. The van der Waals surface area contributed by atoms with Gasteiger partial charge in [0.05, 0.1) is 6.61 Å². The summed E-state index contributed by atoms with van der Waals surface area (Å²) in [4.78, 5) is 23.9. The molecule has 0 aliphatic rings. The zero-order chi connectivity index (χ0) is 21.9. The number of carbonyl (C=O) groups excluding carboxylic acids is 2. The molecule has 0 saturated heterocycles. The van der Waals surface area contributed by atoms with Gasteiger partial charge in [-0.05, 0) is 47.5 Å². The normalized spacial score (nSPS) is 11.2. The highest BCUT2D eigenvalue weighted by atomic mass is 35.5. The van der Waals surface area contributed by atoms with Crippen molar-refractivity contribution in [3.63, 3.8) is 0 Å². The number of carbonyl (C=O) groups is 2. The minimum atomic E-state index is -0.584. The van der Waals surface area contributed by atoms with Crippen LogP contribution in [0.5, 0.6) is 5.75 Å². The molecule has 0 radical (unpaired) electrons. The van der Waals surface area contributed by atoms with Gasteiger partial charge in [0, 0.05) is 29.8 Å². The molecule has 2 aromatic carbocycles. The van der Waals surface area contributed by atoms with Crippen LogP contribution in [0.3, 0.4) is 0 Å². The molecule has 0 atom stereocenters. The Bertz CT molecular complexity index is 1010. The number of nitriles is 1. The van der Waals surface area contributed by atoms with Crippen molar-refractivity contribution >= 4 is 47.2 Å². The van der Waals surface area contributed by atoms with E-state index < -0.39 is 11.9 Å². The van der Waals surface area contributed by atoms with Gasteiger partial charge in [-0.25, -0.2) is 4.79 Å². The Morgan fingerprint density at radius 3 is 2.53 bits per heavy atom. The Hall–Kier alpha value is -3.11. The first-order valence-corrected chi connectivity index (χ1v) is 9.52. The lowest BCUT2D eigenvalue weighted by Gasteiger charge is -2.04. The number of halogens is 2. The number of rotatable bonds is 8. The number of benzene rings is 2. The maximum absolute atomic E-state index is 12.0. The number of amides is 1. The van der Waals surface area contributed by atoms with Crippen LogP contribution in [0.15, 0.2) is 54.1 Å². The number of methoxy groups -OCH3 is 1. The number of esters is 1. The summed E-state index contributed by atoms with van der Waals surface area (Å²) in [5.74, 6) is -0.761. The van der Waals surface area contributed by atoms with Crippen LogP contribution in [0.25, 0.3) is 12.2 Å². The fourth-order valence-corrected chi connectivity index (χ4v) is 2.73. The molecule has 0 fully saturated rings. The van der Waals surface area contributed by atoms with Crippen LogP contribution < -0.4 is 10.1 Å². The summed E-state index contributed by atoms with van der Waals surface area (Å²) in [5.41, 5.74) is 1.20. The van der Waals surface area contributed by atoms with Gasteiger partial charge in [-0.2, -0.15) is 5.26 Å². The molecule has 8 heteroatoms. The van der Waals surface area contributed by atoms with E-state index >= 15 is 0 Å². The van der Waals surface area contributed by atoms with E-state index in [1.807, 2.05) is 6.07 Å². The third kappa shape index (κ3) is 7.37. The third-order valence-electron chi connectivity index (χ3n) is 3.73. The Labute approximate surface area is 184 Å². The topological polar surface area (TPSA) is 88.4 Å². The highest BCUT2D eigenvalue weighted by molar-refractivity contribution is 6.35. The van der Waals surface area contributed by atoms with Gasteiger partial charge < -0.3 is 14.8 Å². The zero-order valence-electron chi connectivity index (χ0n) is 16.0. The molecule has 1 N–H and O–H groups in total. The Morgan fingerprint density at radius 2 is 1.90 bits per heavy atom. The van der Waals surface area contributed by atoms with Crippen LogP contribution >= 0.6 is 23.2 Å².